The smallest absolute Gasteiger partial charge is 0.225 e. The number of ether oxygens (including phenoxy) is 1. The van der Waals surface area contributed by atoms with Crippen LogP contribution in [0.3, 0.4) is 0 Å². The number of aliphatic hydroxyl groups excluding tert-OH is 1. The third kappa shape index (κ3) is 4.23. The van der Waals surface area contributed by atoms with E-state index in [1.165, 1.54) is 6.33 Å². The molecule has 2 fully saturated rings. The highest BCUT2D eigenvalue weighted by Gasteiger charge is 2.36. The van der Waals surface area contributed by atoms with Gasteiger partial charge in [-0.2, -0.15) is 10.2 Å². The summed E-state index contributed by atoms with van der Waals surface area (Å²) < 4.78 is 9.47. The standard InChI is InChI=1S/C28H33N7O3/c1-17(2)28(37)33-15-21(36)13-24(33)18-4-3-5-19(12-18)25-14-22(26-27(29)30-16-32-35(25)26)23-6-9-31-34(23)20-7-10-38-11-8-20/h3-6,9,12,14,16-17,20-21,24,36H,7-8,10-11,13,15H2,1-2H3,(H2,29,30,32)/t21-,24+/m1/s1. The maximum Gasteiger partial charge on any atom is 0.225 e. The number of aliphatic hydroxyl groups is 1. The van der Waals surface area contributed by atoms with Crippen LogP contribution in [0, 0.1) is 5.92 Å². The van der Waals surface area contributed by atoms with E-state index in [2.05, 4.69) is 32.0 Å². The van der Waals surface area contributed by atoms with E-state index in [1.807, 2.05) is 53.7 Å². The molecule has 3 aromatic heterocycles. The summed E-state index contributed by atoms with van der Waals surface area (Å²) in [6.45, 7) is 5.57. The summed E-state index contributed by atoms with van der Waals surface area (Å²) in [6.07, 6.45) is 5.07. The van der Waals surface area contributed by atoms with Crippen LogP contribution < -0.4 is 5.73 Å². The van der Waals surface area contributed by atoms with Gasteiger partial charge in [0.1, 0.15) is 11.8 Å². The third-order valence-corrected chi connectivity index (χ3v) is 7.69. The Balaban J connectivity index is 1.44. The maximum atomic E-state index is 12.9. The number of amides is 1. The van der Waals surface area contributed by atoms with E-state index in [1.54, 1.807) is 0 Å². The molecule has 198 valence electrons. The second-order valence-electron chi connectivity index (χ2n) is 10.5. The lowest BCUT2D eigenvalue weighted by molar-refractivity contribution is -0.135. The molecule has 0 unspecified atom stereocenters. The number of fused-ring (bicyclic) bond motifs is 1. The minimum absolute atomic E-state index is 0.0502. The number of benzene rings is 1. The van der Waals surface area contributed by atoms with Crippen molar-refractivity contribution in [3.05, 3.63) is 54.5 Å². The van der Waals surface area contributed by atoms with Gasteiger partial charge in [-0.05, 0) is 43.0 Å². The molecule has 10 heteroatoms. The van der Waals surface area contributed by atoms with Crippen molar-refractivity contribution in [3.63, 3.8) is 0 Å². The topological polar surface area (TPSA) is 124 Å². The summed E-state index contributed by atoms with van der Waals surface area (Å²) in [5.74, 6) is 0.308. The van der Waals surface area contributed by atoms with E-state index < -0.39 is 6.10 Å². The predicted octanol–water partition coefficient (Wildman–Crippen LogP) is 3.48. The molecule has 4 aromatic rings. The number of nitrogen functional groups attached to an aromatic ring is 1. The maximum absolute atomic E-state index is 12.9. The number of carbonyl (C=O) groups excluding carboxylic acids is 1. The van der Waals surface area contributed by atoms with Crippen LogP contribution in [-0.2, 0) is 9.53 Å². The first-order chi connectivity index (χ1) is 18.4. The number of aromatic nitrogens is 5. The highest BCUT2D eigenvalue weighted by atomic mass is 16.5. The first-order valence-corrected chi connectivity index (χ1v) is 13.2. The molecular formula is C28H33N7O3. The molecule has 2 atom stereocenters. The summed E-state index contributed by atoms with van der Waals surface area (Å²) >= 11 is 0. The molecular weight excluding hydrogens is 482 g/mol. The minimum atomic E-state index is -0.537. The fourth-order valence-electron chi connectivity index (χ4n) is 5.83. The molecule has 10 nitrogen and oxygen atoms in total. The van der Waals surface area contributed by atoms with Crippen molar-refractivity contribution in [2.75, 3.05) is 25.5 Å². The first kappa shape index (κ1) is 24.6. The van der Waals surface area contributed by atoms with Gasteiger partial charge in [-0.3, -0.25) is 9.48 Å². The van der Waals surface area contributed by atoms with Crippen molar-refractivity contribution in [1.29, 1.82) is 0 Å². The Labute approximate surface area is 221 Å². The van der Waals surface area contributed by atoms with Gasteiger partial charge in [-0.15, -0.1) is 0 Å². The van der Waals surface area contributed by atoms with Crippen LogP contribution in [0.15, 0.2) is 48.9 Å². The number of nitrogens with two attached hydrogens (primary N) is 1. The Kier molecular flexibility index (Phi) is 6.37. The summed E-state index contributed by atoms with van der Waals surface area (Å²) in [6, 6.07) is 12.3. The van der Waals surface area contributed by atoms with E-state index >= 15 is 0 Å². The molecule has 0 radical (unpaired) electrons. The van der Waals surface area contributed by atoms with Gasteiger partial charge in [-0.25, -0.2) is 9.50 Å². The molecule has 0 saturated carbocycles. The van der Waals surface area contributed by atoms with E-state index in [0.717, 1.165) is 59.7 Å². The molecule has 5 heterocycles. The Morgan fingerprint density at radius 2 is 1.95 bits per heavy atom. The Hall–Kier alpha value is -3.76. The van der Waals surface area contributed by atoms with Crippen molar-refractivity contribution in [2.24, 2.45) is 5.92 Å². The number of hydrogen-bond donors (Lipinski definition) is 2. The number of nitrogens with zero attached hydrogens (tertiary/aromatic N) is 6. The molecule has 2 saturated heterocycles. The minimum Gasteiger partial charge on any atom is -0.391 e. The van der Waals surface area contributed by atoms with Gasteiger partial charge < -0.3 is 20.5 Å². The zero-order valence-electron chi connectivity index (χ0n) is 21.7. The number of hydrogen-bond acceptors (Lipinski definition) is 7. The van der Waals surface area contributed by atoms with Crippen LogP contribution in [-0.4, -0.2) is 66.2 Å². The number of carbonyl (C=O) groups is 1. The number of anilines is 1. The Morgan fingerprint density at radius 1 is 1.13 bits per heavy atom. The highest BCUT2D eigenvalue weighted by molar-refractivity contribution is 5.91. The van der Waals surface area contributed by atoms with E-state index in [-0.39, 0.29) is 23.9 Å². The lowest BCUT2D eigenvalue weighted by Gasteiger charge is -2.26. The van der Waals surface area contributed by atoms with Crippen molar-refractivity contribution in [3.8, 4) is 22.5 Å². The normalized spacial score (nSPS) is 20.6. The van der Waals surface area contributed by atoms with Crippen molar-refractivity contribution < 1.29 is 14.6 Å². The molecule has 3 N–H and O–H groups in total. The van der Waals surface area contributed by atoms with Crippen LogP contribution in [0.5, 0.6) is 0 Å². The number of likely N-dealkylation sites (tertiary alicyclic amines) is 1. The van der Waals surface area contributed by atoms with Gasteiger partial charge in [0.25, 0.3) is 0 Å². The predicted molar refractivity (Wildman–Crippen MR) is 143 cm³/mol. The third-order valence-electron chi connectivity index (χ3n) is 7.69. The number of β-amino-alcohol motifs (C(OH)–C–C–N with tert-alkyl or cyclic N) is 1. The van der Waals surface area contributed by atoms with Crippen LogP contribution in [0.25, 0.3) is 28.0 Å². The zero-order valence-corrected chi connectivity index (χ0v) is 21.7. The second kappa shape index (κ2) is 9.85. The lowest BCUT2D eigenvalue weighted by atomic mass is 9.99. The van der Waals surface area contributed by atoms with Crippen LogP contribution >= 0.6 is 0 Å². The van der Waals surface area contributed by atoms with E-state index in [4.69, 9.17) is 10.5 Å². The Morgan fingerprint density at radius 3 is 2.74 bits per heavy atom. The van der Waals surface area contributed by atoms with E-state index in [0.29, 0.717) is 18.8 Å². The second-order valence-corrected chi connectivity index (χ2v) is 10.5. The van der Waals surface area contributed by atoms with Gasteiger partial charge in [0.05, 0.1) is 29.6 Å². The molecule has 2 aliphatic heterocycles. The lowest BCUT2D eigenvalue weighted by Crippen LogP contribution is -2.34. The molecule has 1 amide bonds. The van der Waals surface area contributed by atoms with Crippen LogP contribution in [0.4, 0.5) is 5.82 Å². The SMILES string of the molecule is CC(C)C(=O)N1C[C@H](O)C[C@H]1c1cccc(-c2cc(-c3ccnn3C3CCOCC3)c3c(N)ncnn23)c1. The van der Waals surface area contributed by atoms with Crippen molar-refractivity contribution in [2.45, 2.75) is 51.3 Å². The van der Waals surface area contributed by atoms with Gasteiger partial charge in [0, 0.05) is 43.0 Å². The molecule has 0 aliphatic carbocycles. The molecule has 0 spiro atoms. The monoisotopic (exact) mass is 515 g/mol. The van der Waals surface area contributed by atoms with Crippen molar-refractivity contribution in [1.82, 2.24) is 29.3 Å². The Bertz CT molecular complexity index is 1470. The quantitative estimate of drug-likeness (QED) is 0.417. The van der Waals surface area contributed by atoms with Gasteiger partial charge >= 0.3 is 0 Å². The van der Waals surface area contributed by atoms with Gasteiger partial charge in [0.15, 0.2) is 5.82 Å². The summed E-state index contributed by atoms with van der Waals surface area (Å²) in [7, 11) is 0. The van der Waals surface area contributed by atoms with Crippen molar-refractivity contribution >= 4 is 17.2 Å². The molecule has 2 aliphatic rings. The van der Waals surface area contributed by atoms with Gasteiger partial charge in [0.2, 0.25) is 5.91 Å². The summed E-state index contributed by atoms with van der Waals surface area (Å²) in [5.41, 5.74) is 11.8. The van der Waals surface area contributed by atoms with Crippen LogP contribution in [0.1, 0.15) is 50.8 Å². The first-order valence-electron chi connectivity index (χ1n) is 13.2. The van der Waals surface area contributed by atoms with Crippen LogP contribution in [0.2, 0.25) is 0 Å². The fraction of sp³-hybridized carbons (Fsp3) is 0.429. The average molecular weight is 516 g/mol. The molecule has 1 aromatic carbocycles. The van der Waals surface area contributed by atoms with Gasteiger partial charge in [-0.1, -0.05) is 32.0 Å². The average Bonchev–Trinajstić information content (AvgIpc) is 3.66. The fourth-order valence-corrected chi connectivity index (χ4v) is 5.83. The summed E-state index contributed by atoms with van der Waals surface area (Å²) in [4.78, 5) is 19.0. The molecule has 0 bridgehead atoms. The zero-order chi connectivity index (χ0) is 26.4. The van der Waals surface area contributed by atoms with E-state index in [9.17, 15) is 9.90 Å². The largest absolute Gasteiger partial charge is 0.391 e. The highest BCUT2D eigenvalue weighted by Crippen LogP contribution is 2.39. The molecule has 6 rings (SSSR count). The molecule has 38 heavy (non-hydrogen) atoms. The number of rotatable bonds is 5. The summed E-state index contributed by atoms with van der Waals surface area (Å²) in [5, 5.41) is 19.6.